The highest BCUT2D eigenvalue weighted by atomic mass is 32.2. The molecule has 0 saturated carbocycles. The third-order valence-electron chi connectivity index (χ3n) is 2.23. The number of H-pyrrole nitrogens is 1. The Morgan fingerprint density at radius 1 is 1.29 bits per heavy atom. The van der Waals surface area contributed by atoms with Crippen molar-refractivity contribution in [1.29, 1.82) is 0 Å². The van der Waals surface area contributed by atoms with E-state index < -0.39 is 23.7 Å². The van der Waals surface area contributed by atoms with E-state index in [1.807, 2.05) is 0 Å². The van der Waals surface area contributed by atoms with E-state index in [1.54, 1.807) is 0 Å². The highest BCUT2D eigenvalue weighted by Crippen LogP contribution is 2.35. The van der Waals surface area contributed by atoms with E-state index >= 15 is 0 Å². The maximum Gasteiger partial charge on any atom is 0.387 e. The summed E-state index contributed by atoms with van der Waals surface area (Å²) in [5, 5.41) is 0.0845. The Morgan fingerprint density at radius 3 is 2.62 bits per heavy atom. The molecule has 1 aromatic carbocycles. The van der Waals surface area contributed by atoms with E-state index in [1.165, 1.54) is 0 Å². The number of rotatable bonds is 4. The Balaban J connectivity index is 2.36. The summed E-state index contributed by atoms with van der Waals surface area (Å²) in [6.07, 6.45) is 0. The SMILES string of the molecule is Nc1cc(=O)[nH]c(Sc2cc(OC(F)F)c(F)cc2N)n1. The maximum atomic E-state index is 13.4. The van der Waals surface area contributed by atoms with Gasteiger partial charge in [0.25, 0.3) is 5.56 Å². The van der Waals surface area contributed by atoms with E-state index in [-0.39, 0.29) is 21.6 Å². The number of benzene rings is 1. The minimum absolute atomic E-state index is 0.0222. The number of hydrogen-bond donors (Lipinski definition) is 3. The molecule has 2 aromatic rings. The molecule has 0 spiro atoms. The van der Waals surface area contributed by atoms with Gasteiger partial charge in [0, 0.05) is 22.7 Å². The van der Waals surface area contributed by atoms with Crippen LogP contribution in [0.5, 0.6) is 5.75 Å². The lowest BCUT2D eigenvalue weighted by Crippen LogP contribution is -2.09. The van der Waals surface area contributed by atoms with Crippen molar-refractivity contribution in [2.75, 3.05) is 11.5 Å². The predicted molar refractivity (Wildman–Crippen MR) is 70.8 cm³/mol. The smallest absolute Gasteiger partial charge is 0.387 e. The molecule has 2 rings (SSSR count). The molecule has 1 heterocycles. The summed E-state index contributed by atoms with van der Waals surface area (Å²) in [7, 11) is 0. The van der Waals surface area contributed by atoms with Crippen molar-refractivity contribution in [3.63, 3.8) is 0 Å². The van der Waals surface area contributed by atoms with Crippen molar-refractivity contribution < 1.29 is 17.9 Å². The predicted octanol–water partition coefficient (Wildman–Crippen LogP) is 1.83. The number of nitrogen functional groups attached to an aromatic ring is 2. The van der Waals surface area contributed by atoms with Gasteiger partial charge < -0.3 is 21.2 Å². The second-order valence-electron chi connectivity index (χ2n) is 3.78. The molecule has 5 N–H and O–H groups in total. The molecule has 112 valence electrons. The summed E-state index contributed by atoms with van der Waals surface area (Å²) < 4.78 is 41.8. The summed E-state index contributed by atoms with van der Waals surface area (Å²) in [6, 6.07) is 2.90. The number of nitrogens with zero attached hydrogens (tertiary/aromatic N) is 1. The average molecular weight is 318 g/mol. The monoisotopic (exact) mass is 318 g/mol. The molecule has 1 aromatic heterocycles. The number of alkyl halides is 2. The minimum atomic E-state index is -3.17. The number of halogens is 3. The number of ether oxygens (including phenoxy) is 1. The van der Waals surface area contributed by atoms with Gasteiger partial charge in [-0.3, -0.25) is 4.79 Å². The number of nitrogens with one attached hydrogen (secondary N) is 1. The fourth-order valence-electron chi connectivity index (χ4n) is 1.43. The average Bonchev–Trinajstić information content (AvgIpc) is 2.33. The zero-order valence-electron chi connectivity index (χ0n) is 10.3. The van der Waals surface area contributed by atoms with Gasteiger partial charge in [-0.1, -0.05) is 0 Å². The van der Waals surface area contributed by atoms with Crippen LogP contribution < -0.4 is 21.8 Å². The van der Waals surface area contributed by atoms with E-state index in [2.05, 4.69) is 14.7 Å². The van der Waals surface area contributed by atoms with Crippen LogP contribution in [0.4, 0.5) is 24.7 Å². The van der Waals surface area contributed by atoms with Crippen molar-refractivity contribution in [2.45, 2.75) is 16.7 Å². The third-order valence-corrected chi connectivity index (χ3v) is 3.19. The van der Waals surface area contributed by atoms with Crippen molar-refractivity contribution in [3.05, 3.63) is 34.4 Å². The number of aromatic amines is 1. The lowest BCUT2D eigenvalue weighted by atomic mass is 10.3. The summed E-state index contributed by atoms with van der Waals surface area (Å²) >= 11 is 0.829. The van der Waals surface area contributed by atoms with Gasteiger partial charge in [-0.15, -0.1) is 0 Å². The van der Waals surface area contributed by atoms with Crippen LogP contribution in [0, 0.1) is 5.82 Å². The van der Waals surface area contributed by atoms with Gasteiger partial charge in [0.2, 0.25) is 0 Å². The lowest BCUT2D eigenvalue weighted by Gasteiger charge is -2.10. The van der Waals surface area contributed by atoms with Crippen LogP contribution in [0.3, 0.4) is 0 Å². The van der Waals surface area contributed by atoms with Gasteiger partial charge in [-0.2, -0.15) is 8.78 Å². The normalized spacial score (nSPS) is 10.9. The maximum absolute atomic E-state index is 13.4. The molecule has 0 aliphatic carbocycles. The number of aromatic nitrogens is 2. The first-order chi connectivity index (χ1) is 9.85. The summed E-state index contributed by atoms with van der Waals surface area (Å²) in [5.74, 6) is -1.70. The van der Waals surface area contributed by atoms with Crippen molar-refractivity contribution in [3.8, 4) is 5.75 Å². The summed E-state index contributed by atoms with van der Waals surface area (Å²) in [6.45, 7) is -3.17. The standard InChI is InChI=1S/C11H9F3N4O2S/c12-4-1-5(15)7(2-6(4)20-10(13)14)21-11-17-8(16)3-9(19)18-11/h1-3,10H,15H2,(H3,16,17,18,19). The second-order valence-corrected chi connectivity index (χ2v) is 4.81. The first-order valence-corrected chi connectivity index (χ1v) is 6.25. The Hall–Kier alpha value is -2.36. The van der Waals surface area contributed by atoms with Gasteiger partial charge in [0.05, 0.1) is 0 Å². The summed E-state index contributed by atoms with van der Waals surface area (Å²) in [5.41, 5.74) is 10.5. The molecule has 0 aliphatic rings. The highest BCUT2D eigenvalue weighted by Gasteiger charge is 2.15. The van der Waals surface area contributed by atoms with Crippen LogP contribution in [-0.4, -0.2) is 16.6 Å². The third kappa shape index (κ3) is 3.81. The number of anilines is 2. The largest absolute Gasteiger partial charge is 0.432 e. The molecule has 0 atom stereocenters. The van der Waals surface area contributed by atoms with Gasteiger partial charge in [-0.05, 0) is 17.8 Å². The zero-order chi connectivity index (χ0) is 15.6. The molecular formula is C11H9F3N4O2S. The van der Waals surface area contributed by atoms with Crippen LogP contribution in [-0.2, 0) is 0 Å². The van der Waals surface area contributed by atoms with E-state index in [0.29, 0.717) is 0 Å². The van der Waals surface area contributed by atoms with Crippen LogP contribution >= 0.6 is 11.8 Å². The molecule has 21 heavy (non-hydrogen) atoms. The first-order valence-electron chi connectivity index (χ1n) is 5.43. The minimum Gasteiger partial charge on any atom is -0.432 e. The molecule has 0 unspecified atom stereocenters. The van der Waals surface area contributed by atoms with Gasteiger partial charge in [0.1, 0.15) is 5.82 Å². The van der Waals surface area contributed by atoms with E-state index in [4.69, 9.17) is 11.5 Å². The molecule has 0 fully saturated rings. The lowest BCUT2D eigenvalue weighted by molar-refractivity contribution is -0.0523. The Morgan fingerprint density at radius 2 is 2.00 bits per heavy atom. The molecule has 0 amide bonds. The zero-order valence-corrected chi connectivity index (χ0v) is 11.1. The van der Waals surface area contributed by atoms with Crippen LogP contribution in [0.15, 0.2) is 33.0 Å². The Kier molecular flexibility index (Phi) is 4.26. The number of nitrogens with two attached hydrogens (primary N) is 2. The topological polar surface area (TPSA) is 107 Å². The van der Waals surface area contributed by atoms with Gasteiger partial charge >= 0.3 is 6.61 Å². The quantitative estimate of drug-likeness (QED) is 0.586. The molecule has 0 radical (unpaired) electrons. The molecule has 0 bridgehead atoms. The van der Waals surface area contributed by atoms with Gasteiger partial charge in [-0.25, -0.2) is 9.37 Å². The Bertz CT molecular complexity index is 723. The van der Waals surface area contributed by atoms with Crippen LogP contribution in [0.25, 0.3) is 0 Å². The van der Waals surface area contributed by atoms with Crippen molar-refractivity contribution >= 4 is 23.3 Å². The van der Waals surface area contributed by atoms with E-state index in [9.17, 15) is 18.0 Å². The fourth-order valence-corrected chi connectivity index (χ4v) is 2.28. The van der Waals surface area contributed by atoms with Crippen molar-refractivity contribution in [2.24, 2.45) is 0 Å². The van der Waals surface area contributed by atoms with Crippen molar-refractivity contribution in [1.82, 2.24) is 9.97 Å². The Labute approximate surface area is 120 Å². The van der Waals surface area contributed by atoms with E-state index in [0.717, 1.165) is 30.0 Å². The van der Waals surface area contributed by atoms with Gasteiger partial charge in [0.15, 0.2) is 16.7 Å². The molecule has 6 nitrogen and oxygen atoms in total. The molecular weight excluding hydrogens is 309 g/mol. The summed E-state index contributed by atoms with van der Waals surface area (Å²) in [4.78, 5) is 17.6. The molecule has 0 saturated heterocycles. The second kappa shape index (κ2) is 5.95. The highest BCUT2D eigenvalue weighted by molar-refractivity contribution is 7.99. The van der Waals surface area contributed by atoms with Crippen LogP contribution in [0.2, 0.25) is 0 Å². The number of hydrogen-bond acceptors (Lipinski definition) is 6. The molecule has 10 heteroatoms. The van der Waals surface area contributed by atoms with Crippen LogP contribution in [0.1, 0.15) is 0 Å². The molecule has 0 aliphatic heterocycles. The first kappa shape index (κ1) is 15.0. The fraction of sp³-hybridized carbons (Fsp3) is 0.0909.